The maximum atomic E-state index is 12.4. The molecule has 0 saturated heterocycles. The molecule has 0 fully saturated rings. The highest BCUT2D eigenvalue weighted by Gasteiger charge is 2.46. The third-order valence-electron chi connectivity index (χ3n) is 2.52. The molecule has 0 aromatic heterocycles. The minimum atomic E-state index is -4.75. The first-order valence-electron chi connectivity index (χ1n) is 4.85. The van der Waals surface area contributed by atoms with Gasteiger partial charge in [0.15, 0.2) is 0 Å². The van der Waals surface area contributed by atoms with Crippen LogP contribution in [0.1, 0.15) is 20.7 Å². The van der Waals surface area contributed by atoms with Crippen LogP contribution in [0, 0.1) is 0 Å². The molecule has 1 aromatic rings. The molecule has 0 N–H and O–H groups in total. The van der Waals surface area contributed by atoms with Crippen molar-refractivity contribution in [2.75, 3.05) is 6.54 Å². The van der Waals surface area contributed by atoms with Gasteiger partial charge in [-0.3, -0.25) is 14.5 Å². The number of carbonyl (C=O) groups excluding carboxylic acids is 2. The molecule has 0 atom stereocenters. The van der Waals surface area contributed by atoms with Gasteiger partial charge in [0.2, 0.25) is 0 Å². The second-order valence-electron chi connectivity index (χ2n) is 3.82. The number of amides is 2. The molecular formula is C10H2Cl4F3NO2. The van der Waals surface area contributed by atoms with E-state index in [1.54, 1.807) is 0 Å². The number of benzene rings is 1. The zero-order valence-electron chi connectivity index (χ0n) is 9.12. The van der Waals surface area contributed by atoms with E-state index in [2.05, 4.69) is 0 Å². The van der Waals surface area contributed by atoms with Crippen LogP contribution in [0.4, 0.5) is 13.2 Å². The first-order chi connectivity index (χ1) is 9.06. The highest BCUT2D eigenvalue weighted by atomic mass is 35.5. The number of imide groups is 1. The lowest BCUT2D eigenvalue weighted by Gasteiger charge is -2.15. The smallest absolute Gasteiger partial charge is 0.269 e. The summed E-state index contributed by atoms with van der Waals surface area (Å²) in [6, 6.07) is 0. The van der Waals surface area contributed by atoms with Crippen LogP contribution in [0.2, 0.25) is 20.1 Å². The Hall–Kier alpha value is -0.690. The van der Waals surface area contributed by atoms with E-state index in [0.29, 0.717) is 0 Å². The minimum Gasteiger partial charge on any atom is -0.269 e. The van der Waals surface area contributed by atoms with Gasteiger partial charge in [-0.25, -0.2) is 0 Å². The molecule has 108 valence electrons. The standard InChI is InChI=1S/C10H2Cl4F3NO2/c11-4-2-3(5(12)7(14)6(4)13)9(20)18(8(2)19)1-10(15,16)17/h1H2. The Bertz CT molecular complexity index is 598. The van der Waals surface area contributed by atoms with Gasteiger partial charge in [0, 0.05) is 0 Å². The van der Waals surface area contributed by atoms with E-state index in [0.717, 1.165) is 0 Å². The van der Waals surface area contributed by atoms with Crippen molar-refractivity contribution in [2.45, 2.75) is 6.18 Å². The zero-order valence-corrected chi connectivity index (χ0v) is 12.1. The van der Waals surface area contributed by atoms with Crippen molar-refractivity contribution in [1.82, 2.24) is 4.90 Å². The molecule has 20 heavy (non-hydrogen) atoms. The fraction of sp³-hybridized carbons (Fsp3) is 0.200. The fourth-order valence-corrected chi connectivity index (χ4v) is 2.73. The van der Waals surface area contributed by atoms with E-state index < -0.39 is 45.7 Å². The van der Waals surface area contributed by atoms with E-state index in [4.69, 9.17) is 46.4 Å². The summed E-state index contributed by atoms with van der Waals surface area (Å²) in [6.07, 6.45) is -4.75. The third kappa shape index (κ3) is 2.35. The van der Waals surface area contributed by atoms with Crippen molar-refractivity contribution in [3.63, 3.8) is 0 Å². The van der Waals surface area contributed by atoms with Crippen LogP contribution in [0.5, 0.6) is 0 Å². The van der Waals surface area contributed by atoms with Crippen LogP contribution >= 0.6 is 46.4 Å². The Morgan fingerprint density at radius 3 is 1.45 bits per heavy atom. The number of nitrogens with zero attached hydrogens (tertiary/aromatic N) is 1. The predicted molar refractivity (Wildman–Crippen MR) is 67.9 cm³/mol. The minimum absolute atomic E-state index is 0.00488. The van der Waals surface area contributed by atoms with E-state index in [1.165, 1.54) is 0 Å². The van der Waals surface area contributed by atoms with Gasteiger partial charge >= 0.3 is 6.18 Å². The Morgan fingerprint density at radius 2 is 1.15 bits per heavy atom. The molecule has 0 radical (unpaired) electrons. The average molecular weight is 367 g/mol. The molecule has 0 spiro atoms. The van der Waals surface area contributed by atoms with Crippen molar-refractivity contribution in [2.24, 2.45) is 0 Å². The van der Waals surface area contributed by atoms with Crippen LogP contribution in [0.15, 0.2) is 0 Å². The lowest BCUT2D eigenvalue weighted by atomic mass is 10.1. The highest BCUT2D eigenvalue weighted by molar-refractivity contribution is 6.55. The maximum absolute atomic E-state index is 12.4. The van der Waals surface area contributed by atoms with Crippen LogP contribution in [-0.4, -0.2) is 29.4 Å². The number of halogens is 7. The monoisotopic (exact) mass is 365 g/mol. The largest absolute Gasteiger partial charge is 0.406 e. The normalized spacial score (nSPS) is 15.1. The number of fused-ring (bicyclic) bond motifs is 1. The van der Waals surface area contributed by atoms with E-state index >= 15 is 0 Å². The summed E-state index contributed by atoms with van der Waals surface area (Å²) in [4.78, 5) is 23.8. The number of carbonyl (C=O) groups is 2. The second-order valence-corrected chi connectivity index (χ2v) is 5.33. The number of hydrogen-bond acceptors (Lipinski definition) is 2. The van der Waals surface area contributed by atoms with Crippen LogP contribution in [0.3, 0.4) is 0 Å². The van der Waals surface area contributed by atoms with Gasteiger partial charge in [-0.1, -0.05) is 46.4 Å². The molecule has 0 unspecified atom stereocenters. The molecule has 3 nitrogen and oxygen atoms in total. The summed E-state index contributed by atoms with van der Waals surface area (Å²) < 4.78 is 37.1. The second kappa shape index (κ2) is 4.94. The van der Waals surface area contributed by atoms with Gasteiger partial charge in [-0.15, -0.1) is 0 Å². The topological polar surface area (TPSA) is 37.4 Å². The maximum Gasteiger partial charge on any atom is 0.406 e. The number of alkyl halides is 3. The van der Waals surface area contributed by atoms with Gasteiger partial charge in [0.05, 0.1) is 31.2 Å². The number of hydrogen-bond donors (Lipinski definition) is 0. The van der Waals surface area contributed by atoms with Crippen molar-refractivity contribution in [1.29, 1.82) is 0 Å². The van der Waals surface area contributed by atoms with E-state index in [1.807, 2.05) is 0 Å². The van der Waals surface area contributed by atoms with Crippen LogP contribution in [0.25, 0.3) is 0 Å². The summed E-state index contributed by atoms with van der Waals surface area (Å²) in [5.74, 6) is -2.43. The van der Waals surface area contributed by atoms with Gasteiger partial charge in [-0.05, 0) is 0 Å². The Labute approximate surface area is 130 Å². The summed E-state index contributed by atoms with van der Waals surface area (Å²) in [7, 11) is 0. The molecule has 0 aliphatic carbocycles. The SMILES string of the molecule is O=C1c2c(Cl)c(Cl)c(Cl)c(Cl)c2C(=O)N1CC(F)(F)F. The Morgan fingerprint density at radius 1 is 0.800 bits per heavy atom. The average Bonchev–Trinajstić information content (AvgIpc) is 2.57. The van der Waals surface area contributed by atoms with Crippen molar-refractivity contribution in [3.05, 3.63) is 31.2 Å². The van der Waals surface area contributed by atoms with Crippen LogP contribution in [-0.2, 0) is 0 Å². The third-order valence-corrected chi connectivity index (χ3v) is 4.32. The molecule has 0 saturated carbocycles. The van der Waals surface area contributed by atoms with Gasteiger partial charge in [-0.2, -0.15) is 13.2 Å². The lowest BCUT2D eigenvalue weighted by Crippen LogP contribution is -2.38. The predicted octanol–water partition coefficient (Wildman–Crippen LogP) is 4.46. The summed E-state index contributed by atoms with van der Waals surface area (Å²) in [5.41, 5.74) is -0.944. The van der Waals surface area contributed by atoms with Crippen molar-refractivity contribution < 1.29 is 22.8 Å². The fourth-order valence-electron chi connectivity index (χ4n) is 1.72. The van der Waals surface area contributed by atoms with Gasteiger partial charge < -0.3 is 0 Å². The number of rotatable bonds is 1. The molecule has 1 aromatic carbocycles. The lowest BCUT2D eigenvalue weighted by molar-refractivity contribution is -0.136. The summed E-state index contributed by atoms with van der Waals surface area (Å²) in [6.45, 7) is -1.75. The zero-order chi connectivity index (χ0) is 15.4. The summed E-state index contributed by atoms with van der Waals surface area (Å²) in [5, 5.41) is -1.41. The highest BCUT2D eigenvalue weighted by Crippen LogP contribution is 2.45. The Kier molecular flexibility index (Phi) is 3.88. The summed E-state index contributed by atoms with van der Waals surface area (Å²) >= 11 is 22.9. The molecule has 0 bridgehead atoms. The Balaban J connectivity index is 2.64. The molecule has 1 heterocycles. The van der Waals surface area contributed by atoms with E-state index in [9.17, 15) is 22.8 Å². The van der Waals surface area contributed by atoms with Crippen molar-refractivity contribution in [3.8, 4) is 0 Å². The first kappa shape index (κ1) is 15.7. The van der Waals surface area contributed by atoms with E-state index in [-0.39, 0.29) is 14.9 Å². The molecular weight excluding hydrogens is 365 g/mol. The van der Waals surface area contributed by atoms with Crippen molar-refractivity contribution >= 4 is 58.2 Å². The first-order valence-corrected chi connectivity index (χ1v) is 6.36. The molecule has 2 amide bonds. The van der Waals surface area contributed by atoms with Gasteiger partial charge in [0.1, 0.15) is 6.54 Å². The van der Waals surface area contributed by atoms with Gasteiger partial charge in [0.25, 0.3) is 11.8 Å². The van der Waals surface area contributed by atoms with Crippen LogP contribution < -0.4 is 0 Å². The quantitative estimate of drug-likeness (QED) is 0.418. The molecule has 2 rings (SSSR count). The molecule has 1 aliphatic rings. The molecule has 1 aliphatic heterocycles. The molecule has 10 heteroatoms.